The summed E-state index contributed by atoms with van der Waals surface area (Å²) in [6.45, 7) is 4.73. The first kappa shape index (κ1) is 17.4. The Morgan fingerprint density at radius 3 is 2.61 bits per heavy atom. The molecule has 2 N–H and O–H groups in total. The molecule has 2 amide bonds. The number of carbonyl (C=O) groups is 2. The Hall–Kier alpha value is -1.92. The lowest BCUT2D eigenvalue weighted by atomic mass is 10.2. The SMILES string of the molecule is CN(CCC(=O)N1CCNCC1)CC(=O)NCc1ccccc1. The van der Waals surface area contributed by atoms with E-state index < -0.39 is 0 Å². The van der Waals surface area contributed by atoms with Crippen molar-refractivity contribution >= 4 is 11.8 Å². The molecule has 6 nitrogen and oxygen atoms in total. The van der Waals surface area contributed by atoms with Gasteiger partial charge in [-0.05, 0) is 12.6 Å². The van der Waals surface area contributed by atoms with Gasteiger partial charge in [-0.2, -0.15) is 0 Å². The van der Waals surface area contributed by atoms with Crippen molar-refractivity contribution in [1.29, 1.82) is 0 Å². The fourth-order valence-corrected chi connectivity index (χ4v) is 2.54. The van der Waals surface area contributed by atoms with E-state index in [4.69, 9.17) is 0 Å². The smallest absolute Gasteiger partial charge is 0.234 e. The molecule has 0 radical (unpaired) electrons. The lowest BCUT2D eigenvalue weighted by molar-refractivity contribution is -0.132. The summed E-state index contributed by atoms with van der Waals surface area (Å²) < 4.78 is 0. The molecular weight excluding hydrogens is 292 g/mol. The highest BCUT2D eigenvalue weighted by Crippen LogP contribution is 1.99. The summed E-state index contributed by atoms with van der Waals surface area (Å²) in [6, 6.07) is 9.82. The van der Waals surface area contributed by atoms with Crippen LogP contribution in [0.25, 0.3) is 0 Å². The topological polar surface area (TPSA) is 64.7 Å². The second-order valence-electron chi connectivity index (χ2n) is 5.88. The van der Waals surface area contributed by atoms with Gasteiger partial charge in [-0.25, -0.2) is 0 Å². The summed E-state index contributed by atoms with van der Waals surface area (Å²) in [5.41, 5.74) is 1.08. The van der Waals surface area contributed by atoms with Gasteiger partial charge in [0.1, 0.15) is 0 Å². The highest BCUT2D eigenvalue weighted by molar-refractivity contribution is 5.78. The van der Waals surface area contributed by atoms with Gasteiger partial charge < -0.3 is 15.5 Å². The summed E-state index contributed by atoms with van der Waals surface area (Å²) in [5, 5.41) is 6.13. The average molecular weight is 318 g/mol. The molecular formula is C17H26N4O2. The number of hydrogen-bond donors (Lipinski definition) is 2. The van der Waals surface area contributed by atoms with Crippen molar-refractivity contribution in [2.24, 2.45) is 0 Å². The molecule has 1 aliphatic heterocycles. The summed E-state index contributed by atoms with van der Waals surface area (Å²) in [5.74, 6) is 0.147. The molecule has 6 heteroatoms. The van der Waals surface area contributed by atoms with Gasteiger partial charge in [0, 0.05) is 45.7 Å². The fraction of sp³-hybridized carbons (Fsp3) is 0.529. The minimum Gasteiger partial charge on any atom is -0.351 e. The van der Waals surface area contributed by atoms with Crippen molar-refractivity contribution in [3.63, 3.8) is 0 Å². The minimum atomic E-state index is -0.0222. The van der Waals surface area contributed by atoms with Crippen molar-refractivity contribution in [2.75, 3.05) is 46.3 Å². The molecule has 0 aliphatic carbocycles. The van der Waals surface area contributed by atoms with Gasteiger partial charge in [-0.3, -0.25) is 14.5 Å². The first-order valence-electron chi connectivity index (χ1n) is 8.13. The Bertz CT molecular complexity index is 501. The second kappa shape index (κ2) is 9.27. The van der Waals surface area contributed by atoms with Gasteiger partial charge in [0.15, 0.2) is 0 Å². The lowest BCUT2D eigenvalue weighted by Crippen LogP contribution is -2.47. The van der Waals surface area contributed by atoms with Gasteiger partial charge >= 0.3 is 0 Å². The molecule has 1 fully saturated rings. The molecule has 23 heavy (non-hydrogen) atoms. The molecule has 1 aromatic rings. The fourth-order valence-electron chi connectivity index (χ4n) is 2.54. The van der Waals surface area contributed by atoms with E-state index in [-0.39, 0.29) is 11.8 Å². The van der Waals surface area contributed by atoms with Crippen LogP contribution >= 0.6 is 0 Å². The molecule has 1 heterocycles. The van der Waals surface area contributed by atoms with E-state index >= 15 is 0 Å². The van der Waals surface area contributed by atoms with Crippen LogP contribution in [0.15, 0.2) is 30.3 Å². The Balaban J connectivity index is 1.62. The number of rotatable bonds is 7. The number of benzene rings is 1. The van der Waals surface area contributed by atoms with Crippen LogP contribution in [0.5, 0.6) is 0 Å². The van der Waals surface area contributed by atoms with Gasteiger partial charge in [0.25, 0.3) is 0 Å². The van der Waals surface area contributed by atoms with Crippen molar-refractivity contribution < 1.29 is 9.59 Å². The molecule has 0 saturated carbocycles. The molecule has 1 aliphatic rings. The van der Waals surface area contributed by atoms with Crippen LogP contribution in [-0.2, 0) is 16.1 Å². The van der Waals surface area contributed by atoms with Crippen LogP contribution in [0.2, 0.25) is 0 Å². The molecule has 1 aromatic carbocycles. The largest absolute Gasteiger partial charge is 0.351 e. The molecule has 126 valence electrons. The van der Waals surface area contributed by atoms with Gasteiger partial charge in [-0.15, -0.1) is 0 Å². The lowest BCUT2D eigenvalue weighted by Gasteiger charge is -2.28. The molecule has 0 bridgehead atoms. The predicted octanol–water partition coefficient (Wildman–Crippen LogP) is 0.0565. The van der Waals surface area contributed by atoms with E-state index in [2.05, 4.69) is 10.6 Å². The maximum atomic E-state index is 12.1. The number of nitrogens with zero attached hydrogens (tertiary/aromatic N) is 2. The monoisotopic (exact) mass is 318 g/mol. The van der Waals surface area contributed by atoms with E-state index in [0.717, 1.165) is 31.7 Å². The van der Waals surface area contributed by atoms with Crippen LogP contribution in [0.4, 0.5) is 0 Å². The first-order chi connectivity index (χ1) is 11.1. The van der Waals surface area contributed by atoms with Crippen molar-refractivity contribution in [1.82, 2.24) is 20.4 Å². The molecule has 2 rings (SSSR count). The summed E-state index contributed by atoms with van der Waals surface area (Å²) in [7, 11) is 1.87. The van der Waals surface area contributed by atoms with Crippen molar-refractivity contribution in [3.8, 4) is 0 Å². The van der Waals surface area contributed by atoms with Gasteiger partial charge in [-0.1, -0.05) is 30.3 Å². The third kappa shape index (κ3) is 6.38. The van der Waals surface area contributed by atoms with Gasteiger partial charge in [0.2, 0.25) is 11.8 Å². The minimum absolute atomic E-state index is 0.0222. The zero-order valence-electron chi connectivity index (χ0n) is 13.8. The molecule has 0 spiro atoms. The van der Waals surface area contributed by atoms with E-state index in [0.29, 0.717) is 26.1 Å². The highest BCUT2D eigenvalue weighted by atomic mass is 16.2. The second-order valence-corrected chi connectivity index (χ2v) is 5.88. The quantitative estimate of drug-likeness (QED) is 0.746. The number of amides is 2. The first-order valence-corrected chi connectivity index (χ1v) is 8.13. The maximum absolute atomic E-state index is 12.1. The van der Waals surface area contributed by atoms with E-state index in [1.54, 1.807) is 0 Å². The highest BCUT2D eigenvalue weighted by Gasteiger charge is 2.16. The normalized spacial score (nSPS) is 14.8. The summed E-state index contributed by atoms with van der Waals surface area (Å²) in [4.78, 5) is 27.8. The van der Waals surface area contributed by atoms with Crippen molar-refractivity contribution in [2.45, 2.75) is 13.0 Å². The van der Waals surface area contributed by atoms with E-state index in [9.17, 15) is 9.59 Å². The summed E-state index contributed by atoms with van der Waals surface area (Å²) in [6.07, 6.45) is 0.461. The Morgan fingerprint density at radius 1 is 1.22 bits per heavy atom. The third-order valence-electron chi connectivity index (χ3n) is 3.92. The standard InChI is InChI=1S/C17H26N4O2/c1-20(10-7-17(23)21-11-8-18-9-12-21)14-16(22)19-13-15-5-3-2-4-6-15/h2-6,18H,7-14H2,1H3,(H,19,22). The average Bonchev–Trinajstić information content (AvgIpc) is 2.59. The molecule has 0 unspecified atom stereocenters. The summed E-state index contributed by atoms with van der Waals surface area (Å²) >= 11 is 0. The van der Waals surface area contributed by atoms with Crippen molar-refractivity contribution in [3.05, 3.63) is 35.9 Å². The Morgan fingerprint density at radius 2 is 1.91 bits per heavy atom. The molecule has 0 aromatic heterocycles. The predicted molar refractivity (Wildman–Crippen MR) is 89.9 cm³/mol. The molecule has 1 saturated heterocycles. The molecule has 0 atom stereocenters. The number of carbonyl (C=O) groups excluding carboxylic acids is 2. The number of nitrogens with one attached hydrogen (secondary N) is 2. The zero-order valence-corrected chi connectivity index (χ0v) is 13.8. The zero-order chi connectivity index (χ0) is 16.5. The maximum Gasteiger partial charge on any atom is 0.234 e. The third-order valence-corrected chi connectivity index (χ3v) is 3.92. The number of likely N-dealkylation sites (N-methyl/N-ethyl adjacent to an activating group) is 1. The Labute approximate surface area is 137 Å². The number of hydrogen-bond acceptors (Lipinski definition) is 4. The van der Waals surface area contributed by atoms with Gasteiger partial charge in [0.05, 0.1) is 6.54 Å². The van der Waals surface area contributed by atoms with Crippen LogP contribution in [-0.4, -0.2) is 67.9 Å². The van der Waals surface area contributed by atoms with E-state index in [1.165, 1.54) is 0 Å². The van der Waals surface area contributed by atoms with E-state index in [1.807, 2.05) is 47.2 Å². The Kier molecular flexibility index (Phi) is 7.03. The van der Waals surface area contributed by atoms with Crippen LogP contribution in [0.3, 0.4) is 0 Å². The van der Waals surface area contributed by atoms with Crippen LogP contribution in [0, 0.1) is 0 Å². The number of piperazine rings is 1. The van der Waals surface area contributed by atoms with Crippen LogP contribution in [0.1, 0.15) is 12.0 Å². The van der Waals surface area contributed by atoms with Crippen LogP contribution < -0.4 is 10.6 Å².